The molecule has 0 radical (unpaired) electrons. The number of aromatic carboxylic acids is 2. The maximum Gasteiger partial charge on any atom is 0.335 e. The molecule has 0 saturated carbocycles. The zero-order chi connectivity index (χ0) is 22.4. The fraction of sp³-hybridized carbons (Fsp3) is 0.125. The van der Waals surface area contributed by atoms with Crippen LogP contribution in [0.25, 0.3) is 0 Å². The molecule has 0 unspecified atom stereocenters. The lowest BCUT2D eigenvalue weighted by Crippen LogP contribution is -2.01. The van der Waals surface area contributed by atoms with Gasteiger partial charge < -0.3 is 19.7 Å². The first-order chi connectivity index (χ1) is 14.9. The SMILES string of the molecule is COc1cc(C=Nc2ccc(C(=O)O)cc2C)ccc1OCc1cccc(C(=O)O)c1. The van der Waals surface area contributed by atoms with Crippen molar-refractivity contribution in [2.24, 2.45) is 4.99 Å². The molecule has 0 aliphatic heterocycles. The van der Waals surface area contributed by atoms with Crippen molar-refractivity contribution in [2.45, 2.75) is 13.5 Å². The second kappa shape index (κ2) is 9.58. The molecule has 3 aromatic carbocycles. The summed E-state index contributed by atoms with van der Waals surface area (Å²) in [6.07, 6.45) is 1.66. The van der Waals surface area contributed by atoms with E-state index in [0.29, 0.717) is 17.2 Å². The fourth-order valence-electron chi connectivity index (χ4n) is 2.92. The van der Waals surface area contributed by atoms with Crippen LogP contribution in [0.15, 0.2) is 65.7 Å². The number of benzene rings is 3. The van der Waals surface area contributed by atoms with Crippen molar-refractivity contribution in [3.05, 3.63) is 88.5 Å². The van der Waals surface area contributed by atoms with Crippen molar-refractivity contribution in [1.82, 2.24) is 0 Å². The number of hydrogen-bond donors (Lipinski definition) is 2. The van der Waals surface area contributed by atoms with E-state index in [9.17, 15) is 9.59 Å². The highest BCUT2D eigenvalue weighted by Gasteiger charge is 2.08. The molecule has 0 bridgehead atoms. The fourth-order valence-corrected chi connectivity index (χ4v) is 2.92. The molecule has 0 aliphatic rings. The molecule has 158 valence electrons. The topological polar surface area (TPSA) is 105 Å². The molecule has 0 spiro atoms. The maximum absolute atomic E-state index is 11.1. The molecule has 0 atom stereocenters. The molecule has 7 heteroatoms. The van der Waals surface area contributed by atoms with Gasteiger partial charge in [-0.3, -0.25) is 4.99 Å². The molecule has 0 aromatic heterocycles. The van der Waals surface area contributed by atoms with E-state index in [2.05, 4.69) is 4.99 Å². The van der Waals surface area contributed by atoms with E-state index in [1.54, 1.807) is 55.6 Å². The van der Waals surface area contributed by atoms with E-state index in [1.165, 1.54) is 19.2 Å². The van der Waals surface area contributed by atoms with Crippen molar-refractivity contribution >= 4 is 23.8 Å². The zero-order valence-corrected chi connectivity index (χ0v) is 17.0. The Morgan fingerprint density at radius 3 is 2.35 bits per heavy atom. The van der Waals surface area contributed by atoms with Crippen LogP contribution in [-0.2, 0) is 6.61 Å². The van der Waals surface area contributed by atoms with E-state index in [1.807, 2.05) is 6.07 Å². The number of carboxylic acids is 2. The monoisotopic (exact) mass is 419 g/mol. The minimum Gasteiger partial charge on any atom is -0.493 e. The van der Waals surface area contributed by atoms with Crippen molar-refractivity contribution in [3.63, 3.8) is 0 Å². The highest BCUT2D eigenvalue weighted by Crippen LogP contribution is 2.29. The van der Waals surface area contributed by atoms with Crippen LogP contribution in [0.5, 0.6) is 11.5 Å². The van der Waals surface area contributed by atoms with Crippen molar-refractivity contribution in [1.29, 1.82) is 0 Å². The Balaban J connectivity index is 1.74. The van der Waals surface area contributed by atoms with Crippen LogP contribution in [0.2, 0.25) is 0 Å². The molecule has 0 heterocycles. The largest absolute Gasteiger partial charge is 0.493 e. The summed E-state index contributed by atoms with van der Waals surface area (Å²) in [4.78, 5) is 26.6. The Bertz CT molecular complexity index is 1150. The van der Waals surface area contributed by atoms with Crippen LogP contribution >= 0.6 is 0 Å². The second-order valence-corrected chi connectivity index (χ2v) is 6.77. The van der Waals surface area contributed by atoms with E-state index < -0.39 is 11.9 Å². The minimum absolute atomic E-state index is 0.194. The lowest BCUT2D eigenvalue weighted by Gasteiger charge is -2.11. The van der Waals surface area contributed by atoms with Gasteiger partial charge in [0.15, 0.2) is 11.5 Å². The van der Waals surface area contributed by atoms with Crippen LogP contribution in [0.1, 0.15) is 37.4 Å². The number of ether oxygens (including phenoxy) is 2. The van der Waals surface area contributed by atoms with E-state index >= 15 is 0 Å². The number of nitrogens with zero attached hydrogens (tertiary/aromatic N) is 1. The third-order valence-electron chi connectivity index (χ3n) is 4.55. The van der Waals surface area contributed by atoms with Gasteiger partial charge in [-0.25, -0.2) is 9.59 Å². The van der Waals surface area contributed by atoms with Crippen LogP contribution in [0.4, 0.5) is 5.69 Å². The molecule has 7 nitrogen and oxygen atoms in total. The summed E-state index contributed by atoms with van der Waals surface area (Å²) in [5.74, 6) is -0.941. The second-order valence-electron chi connectivity index (χ2n) is 6.77. The first kappa shape index (κ1) is 21.6. The van der Waals surface area contributed by atoms with E-state index in [-0.39, 0.29) is 17.7 Å². The normalized spacial score (nSPS) is 10.8. The highest BCUT2D eigenvalue weighted by atomic mass is 16.5. The number of hydrogen-bond acceptors (Lipinski definition) is 5. The molecule has 3 rings (SSSR count). The predicted molar refractivity (Wildman–Crippen MR) is 116 cm³/mol. The summed E-state index contributed by atoms with van der Waals surface area (Å²) >= 11 is 0. The first-order valence-corrected chi connectivity index (χ1v) is 9.38. The van der Waals surface area contributed by atoms with Crippen molar-refractivity contribution in [3.8, 4) is 11.5 Å². The zero-order valence-electron chi connectivity index (χ0n) is 17.0. The molecule has 0 saturated heterocycles. The molecule has 0 aliphatic carbocycles. The van der Waals surface area contributed by atoms with Gasteiger partial charge in [0.25, 0.3) is 0 Å². The van der Waals surface area contributed by atoms with E-state index in [0.717, 1.165) is 16.7 Å². The first-order valence-electron chi connectivity index (χ1n) is 9.38. The summed E-state index contributed by atoms with van der Waals surface area (Å²) < 4.78 is 11.2. The van der Waals surface area contributed by atoms with Gasteiger partial charge in [-0.2, -0.15) is 0 Å². The molecular weight excluding hydrogens is 398 g/mol. The molecule has 2 N–H and O–H groups in total. The van der Waals surface area contributed by atoms with Gasteiger partial charge >= 0.3 is 11.9 Å². The molecule has 0 amide bonds. The summed E-state index contributed by atoms with van der Waals surface area (Å²) in [5.41, 5.74) is 3.35. The van der Waals surface area contributed by atoms with E-state index in [4.69, 9.17) is 19.7 Å². The molecule has 3 aromatic rings. The van der Waals surface area contributed by atoms with Gasteiger partial charge in [0, 0.05) is 6.21 Å². The average Bonchev–Trinajstić information content (AvgIpc) is 2.77. The summed E-state index contributed by atoms with van der Waals surface area (Å²) in [6.45, 7) is 2.00. The van der Waals surface area contributed by atoms with Crippen molar-refractivity contribution < 1.29 is 29.3 Å². The Labute approximate surface area is 179 Å². The third-order valence-corrected chi connectivity index (χ3v) is 4.55. The Morgan fingerprint density at radius 1 is 0.935 bits per heavy atom. The smallest absolute Gasteiger partial charge is 0.335 e. The Hall–Kier alpha value is -4.13. The number of aliphatic imine (C=N–C) groups is 1. The lowest BCUT2D eigenvalue weighted by atomic mass is 10.1. The van der Waals surface area contributed by atoms with Crippen LogP contribution in [0, 0.1) is 6.92 Å². The molecule has 31 heavy (non-hydrogen) atoms. The summed E-state index contributed by atoms with van der Waals surface area (Å²) in [7, 11) is 1.53. The quantitative estimate of drug-likeness (QED) is 0.512. The minimum atomic E-state index is -0.990. The number of carbonyl (C=O) groups is 2. The van der Waals surface area contributed by atoms with Gasteiger partial charge in [-0.05, 0) is 72.1 Å². The van der Waals surface area contributed by atoms with Crippen LogP contribution < -0.4 is 9.47 Å². The van der Waals surface area contributed by atoms with Crippen molar-refractivity contribution in [2.75, 3.05) is 7.11 Å². The summed E-state index contributed by atoms with van der Waals surface area (Å²) in [5, 5.41) is 18.2. The van der Waals surface area contributed by atoms with Gasteiger partial charge in [-0.15, -0.1) is 0 Å². The van der Waals surface area contributed by atoms with Gasteiger partial charge in [0.2, 0.25) is 0 Å². The highest BCUT2D eigenvalue weighted by molar-refractivity contribution is 5.89. The lowest BCUT2D eigenvalue weighted by molar-refractivity contribution is 0.0686. The maximum atomic E-state index is 11.1. The number of rotatable bonds is 8. The Morgan fingerprint density at radius 2 is 1.68 bits per heavy atom. The van der Waals surface area contributed by atoms with Crippen LogP contribution in [-0.4, -0.2) is 35.5 Å². The standard InChI is InChI=1S/C24H21NO6/c1-15-10-19(24(28)29)7-8-20(15)25-13-16-6-9-21(22(12-16)30-2)31-14-17-4-3-5-18(11-17)23(26)27/h3-13H,14H2,1-2H3,(H,26,27)(H,28,29). The van der Waals surface area contributed by atoms with Crippen LogP contribution in [0.3, 0.4) is 0 Å². The number of aryl methyl sites for hydroxylation is 1. The summed E-state index contributed by atoms with van der Waals surface area (Å²) in [6, 6.07) is 16.6. The Kier molecular flexibility index (Phi) is 6.67. The third kappa shape index (κ3) is 5.48. The molecule has 0 fully saturated rings. The predicted octanol–water partition coefficient (Wildman–Crippen LogP) is 4.73. The van der Waals surface area contributed by atoms with Gasteiger partial charge in [0.05, 0.1) is 23.9 Å². The molecular formula is C24H21NO6. The number of methoxy groups -OCH3 is 1. The number of carboxylic acid groups (broad SMARTS) is 2. The van der Waals surface area contributed by atoms with Gasteiger partial charge in [0.1, 0.15) is 6.61 Å². The van der Waals surface area contributed by atoms with Gasteiger partial charge in [-0.1, -0.05) is 12.1 Å². The average molecular weight is 419 g/mol.